The van der Waals surface area contributed by atoms with Gasteiger partial charge in [-0.2, -0.15) is 0 Å². The molecule has 0 aliphatic carbocycles. The van der Waals surface area contributed by atoms with Crippen LogP contribution >= 0.6 is 0 Å². The number of anilines is 2. The molecule has 0 saturated heterocycles. The minimum atomic E-state index is -1.00. The summed E-state index contributed by atoms with van der Waals surface area (Å²) in [5.41, 5.74) is 1.51. The van der Waals surface area contributed by atoms with Crippen LogP contribution < -0.4 is 9.80 Å². The summed E-state index contributed by atoms with van der Waals surface area (Å²) in [6.45, 7) is 11.8. The minimum Gasteiger partial charge on any atom is -0.465 e. The van der Waals surface area contributed by atoms with Crippen LogP contribution in [0.5, 0.6) is 0 Å². The highest BCUT2D eigenvalue weighted by molar-refractivity contribution is 6.04. The largest absolute Gasteiger partial charge is 0.465 e. The van der Waals surface area contributed by atoms with Gasteiger partial charge in [-0.1, -0.05) is 6.92 Å². The number of pyridine rings is 1. The molecule has 3 rings (SSSR count). The number of carbonyl (C=O) groups excluding carboxylic acids is 1. The van der Waals surface area contributed by atoms with Crippen molar-refractivity contribution < 1.29 is 14.7 Å². The summed E-state index contributed by atoms with van der Waals surface area (Å²) < 4.78 is 0. The molecule has 1 atom stereocenters. The Hall–Kier alpha value is -3.23. The topological polar surface area (TPSA) is 103 Å². The third-order valence-electron chi connectivity index (χ3n) is 5.76. The fraction of sp³-hybridized carbons (Fsp3) is 0.522. The molecule has 2 amide bonds. The van der Waals surface area contributed by atoms with Gasteiger partial charge in [0, 0.05) is 42.1 Å². The maximum Gasteiger partial charge on any atom is 0.408 e. The summed E-state index contributed by atoms with van der Waals surface area (Å²) in [7, 11) is 1.75. The smallest absolute Gasteiger partial charge is 0.408 e. The maximum absolute atomic E-state index is 12.9. The zero-order valence-corrected chi connectivity index (χ0v) is 19.8. The van der Waals surface area contributed by atoms with Crippen molar-refractivity contribution in [2.45, 2.75) is 72.1 Å². The van der Waals surface area contributed by atoms with Gasteiger partial charge in [-0.3, -0.25) is 14.7 Å². The Bertz CT molecular complexity index is 1020. The molecule has 0 aromatic carbocycles. The molecule has 1 aliphatic heterocycles. The molecular formula is C23H32N6O3. The van der Waals surface area contributed by atoms with Crippen molar-refractivity contribution in [3.8, 4) is 11.4 Å². The van der Waals surface area contributed by atoms with Crippen LogP contribution in [0, 0.1) is 0 Å². The Morgan fingerprint density at radius 3 is 2.53 bits per heavy atom. The first-order valence-electron chi connectivity index (χ1n) is 10.8. The van der Waals surface area contributed by atoms with Crippen LogP contribution in [0.15, 0.2) is 24.7 Å². The molecule has 0 saturated carbocycles. The highest BCUT2D eigenvalue weighted by Crippen LogP contribution is 2.37. The number of fused-ring (bicyclic) bond motifs is 1. The maximum atomic E-state index is 12.9. The highest BCUT2D eigenvalue weighted by atomic mass is 16.4. The number of carbonyl (C=O) groups is 2. The van der Waals surface area contributed by atoms with E-state index in [1.54, 1.807) is 36.6 Å². The molecule has 32 heavy (non-hydrogen) atoms. The van der Waals surface area contributed by atoms with Gasteiger partial charge in [-0.05, 0) is 47.1 Å². The predicted molar refractivity (Wildman–Crippen MR) is 124 cm³/mol. The van der Waals surface area contributed by atoms with E-state index in [0.717, 1.165) is 5.56 Å². The zero-order valence-electron chi connectivity index (χ0n) is 19.8. The average Bonchev–Trinajstić information content (AvgIpc) is 2.72. The molecule has 0 unspecified atom stereocenters. The number of aromatic nitrogens is 3. The summed E-state index contributed by atoms with van der Waals surface area (Å²) in [5.74, 6) is 1.20. The van der Waals surface area contributed by atoms with Crippen molar-refractivity contribution in [1.82, 2.24) is 19.9 Å². The summed E-state index contributed by atoms with van der Waals surface area (Å²) in [4.78, 5) is 43.4. The molecule has 0 fully saturated rings. The molecule has 1 N–H and O–H groups in total. The zero-order chi connectivity index (χ0) is 23.8. The van der Waals surface area contributed by atoms with E-state index >= 15 is 0 Å². The van der Waals surface area contributed by atoms with Gasteiger partial charge in [-0.25, -0.2) is 14.8 Å². The monoisotopic (exact) mass is 440 g/mol. The number of hydrogen-bond donors (Lipinski definition) is 1. The van der Waals surface area contributed by atoms with E-state index in [4.69, 9.17) is 4.98 Å². The molecule has 9 nitrogen and oxygen atoms in total. The van der Waals surface area contributed by atoms with Gasteiger partial charge in [0.2, 0.25) is 5.91 Å². The van der Waals surface area contributed by atoms with Crippen molar-refractivity contribution >= 4 is 23.5 Å². The molecule has 0 bridgehead atoms. The van der Waals surface area contributed by atoms with Crippen LogP contribution in [0.4, 0.5) is 16.3 Å². The Labute approximate surface area is 189 Å². The van der Waals surface area contributed by atoms with Gasteiger partial charge in [0.25, 0.3) is 0 Å². The fourth-order valence-electron chi connectivity index (χ4n) is 4.04. The van der Waals surface area contributed by atoms with Gasteiger partial charge in [0.05, 0.1) is 12.7 Å². The van der Waals surface area contributed by atoms with Gasteiger partial charge in [0.15, 0.2) is 11.6 Å². The molecule has 1 aliphatic rings. The summed E-state index contributed by atoms with van der Waals surface area (Å²) in [5, 5.41) is 9.73. The second kappa shape index (κ2) is 8.72. The van der Waals surface area contributed by atoms with E-state index in [1.807, 2.05) is 46.4 Å². The second-order valence-corrected chi connectivity index (χ2v) is 9.30. The number of nitrogens with zero attached hydrogens (tertiary/aromatic N) is 6. The number of likely N-dealkylation sites (N-methyl/N-ethyl adjacent to an activating group) is 1. The standard InChI is InChI=1S/C23H32N6O3/c1-8-17-21(30)27(7)18-12-25-19(26-20(18)29(17)14(2)3)16-9-10-24-11-15(16)13-28(22(31)32)23(4,5)6/h9-12,14,17H,8,13H2,1-7H3,(H,31,32)/t17-/m1/s1. The third kappa shape index (κ3) is 4.24. The van der Waals surface area contributed by atoms with Gasteiger partial charge in [-0.15, -0.1) is 0 Å². The van der Waals surface area contributed by atoms with Crippen molar-refractivity contribution in [1.29, 1.82) is 0 Å². The second-order valence-electron chi connectivity index (χ2n) is 9.30. The molecule has 2 aromatic rings. The lowest BCUT2D eigenvalue weighted by atomic mass is 10.0. The summed E-state index contributed by atoms with van der Waals surface area (Å²) in [6, 6.07) is 1.57. The fourth-order valence-corrected chi connectivity index (χ4v) is 4.04. The van der Waals surface area contributed by atoms with Crippen LogP contribution in [0.2, 0.25) is 0 Å². The molecule has 0 radical (unpaired) electrons. The first-order chi connectivity index (χ1) is 15.0. The normalized spacial score (nSPS) is 16.4. The van der Waals surface area contributed by atoms with Crippen LogP contribution in [-0.4, -0.2) is 61.6 Å². The SMILES string of the molecule is CC[C@@H]1C(=O)N(C)c2cnc(-c3ccncc3CN(C(=O)O)C(C)(C)C)nc2N1C(C)C. The number of carboxylic acid groups (broad SMARTS) is 1. The Morgan fingerprint density at radius 2 is 1.97 bits per heavy atom. The minimum absolute atomic E-state index is 0.0249. The molecular weight excluding hydrogens is 408 g/mol. The Morgan fingerprint density at radius 1 is 1.28 bits per heavy atom. The molecule has 9 heteroatoms. The highest BCUT2D eigenvalue weighted by Gasteiger charge is 2.38. The third-order valence-corrected chi connectivity index (χ3v) is 5.76. The first kappa shape index (κ1) is 23.4. The molecule has 0 spiro atoms. The first-order valence-corrected chi connectivity index (χ1v) is 10.8. The lowest BCUT2D eigenvalue weighted by molar-refractivity contribution is -0.120. The van der Waals surface area contributed by atoms with E-state index in [1.165, 1.54) is 4.90 Å². The Balaban J connectivity index is 2.11. The average molecular weight is 441 g/mol. The predicted octanol–water partition coefficient (Wildman–Crippen LogP) is 3.79. The van der Waals surface area contributed by atoms with Crippen molar-refractivity contribution in [3.63, 3.8) is 0 Å². The van der Waals surface area contributed by atoms with Crippen molar-refractivity contribution in [2.24, 2.45) is 0 Å². The molecule has 172 valence electrons. The number of rotatable bonds is 5. The van der Waals surface area contributed by atoms with E-state index < -0.39 is 11.6 Å². The van der Waals surface area contributed by atoms with Crippen LogP contribution in [-0.2, 0) is 11.3 Å². The van der Waals surface area contributed by atoms with Crippen molar-refractivity contribution in [2.75, 3.05) is 16.8 Å². The lowest BCUT2D eigenvalue weighted by Crippen LogP contribution is -2.54. The van der Waals surface area contributed by atoms with E-state index in [-0.39, 0.29) is 24.5 Å². The van der Waals surface area contributed by atoms with Gasteiger partial charge in [0.1, 0.15) is 11.7 Å². The quantitative estimate of drug-likeness (QED) is 0.754. The van der Waals surface area contributed by atoms with Crippen LogP contribution in [0.3, 0.4) is 0 Å². The van der Waals surface area contributed by atoms with Crippen molar-refractivity contribution in [3.05, 3.63) is 30.2 Å². The molecule has 2 aromatic heterocycles. The summed E-state index contributed by atoms with van der Waals surface area (Å²) in [6.07, 6.45) is 4.63. The van der Waals surface area contributed by atoms with E-state index in [9.17, 15) is 14.7 Å². The van der Waals surface area contributed by atoms with Crippen LogP contribution in [0.1, 0.15) is 53.5 Å². The summed E-state index contributed by atoms with van der Waals surface area (Å²) >= 11 is 0. The number of amides is 2. The van der Waals surface area contributed by atoms with E-state index in [0.29, 0.717) is 29.3 Å². The van der Waals surface area contributed by atoms with E-state index in [2.05, 4.69) is 9.97 Å². The van der Waals surface area contributed by atoms with Gasteiger partial charge < -0.3 is 14.9 Å². The van der Waals surface area contributed by atoms with Gasteiger partial charge >= 0.3 is 6.09 Å². The lowest BCUT2D eigenvalue weighted by Gasteiger charge is -2.42. The molecule has 3 heterocycles. The Kier molecular flexibility index (Phi) is 6.39. The van der Waals surface area contributed by atoms with Crippen LogP contribution in [0.25, 0.3) is 11.4 Å². The number of hydrogen-bond acceptors (Lipinski definition) is 6.